The molecule has 2 heterocycles. The molecule has 0 bridgehead atoms. The van der Waals surface area contributed by atoms with Crippen molar-refractivity contribution in [3.8, 4) is 27.8 Å². The molecule has 4 aromatic rings. The number of aromatic nitrogens is 5. The second-order valence-corrected chi connectivity index (χ2v) is 7.18. The first-order valence-electron chi connectivity index (χ1n) is 9.44. The number of esters is 1. The smallest absolute Gasteiger partial charge is 0.338 e. The van der Waals surface area contributed by atoms with Gasteiger partial charge in [-0.25, -0.2) is 14.5 Å². The van der Waals surface area contributed by atoms with Crippen LogP contribution in [0.2, 0.25) is 0 Å². The summed E-state index contributed by atoms with van der Waals surface area (Å²) in [6.45, 7) is 2.55. The molecule has 2 aromatic carbocycles. The number of hydrogen-bond donors (Lipinski definition) is 0. The molecule has 0 spiro atoms. The van der Waals surface area contributed by atoms with Crippen molar-refractivity contribution < 1.29 is 19.0 Å². The van der Waals surface area contributed by atoms with Crippen LogP contribution < -0.4 is 9.47 Å². The van der Waals surface area contributed by atoms with Gasteiger partial charge >= 0.3 is 5.97 Å². The van der Waals surface area contributed by atoms with Gasteiger partial charge in [-0.3, -0.25) is 0 Å². The monoisotopic (exact) mass is 437 g/mol. The molecule has 158 valence electrons. The van der Waals surface area contributed by atoms with Crippen LogP contribution in [0.3, 0.4) is 0 Å². The molecule has 0 radical (unpaired) electrons. The number of hydrogen-bond acceptors (Lipinski definition) is 9. The van der Waals surface area contributed by atoms with Crippen LogP contribution in [0.4, 0.5) is 0 Å². The van der Waals surface area contributed by atoms with Gasteiger partial charge in [-0.1, -0.05) is 6.07 Å². The summed E-state index contributed by atoms with van der Waals surface area (Å²) in [7, 11) is 1.60. The van der Waals surface area contributed by atoms with Gasteiger partial charge in [0.25, 0.3) is 0 Å². The zero-order valence-corrected chi connectivity index (χ0v) is 17.7. The van der Waals surface area contributed by atoms with Crippen LogP contribution in [0.5, 0.6) is 11.5 Å². The van der Waals surface area contributed by atoms with Crippen LogP contribution in [-0.4, -0.2) is 44.9 Å². The van der Waals surface area contributed by atoms with E-state index in [1.165, 1.54) is 22.3 Å². The maximum absolute atomic E-state index is 12.5. The van der Waals surface area contributed by atoms with Gasteiger partial charge < -0.3 is 14.2 Å². The van der Waals surface area contributed by atoms with E-state index in [0.717, 1.165) is 10.6 Å². The third-order valence-corrected chi connectivity index (χ3v) is 5.25. The lowest BCUT2D eigenvalue weighted by molar-refractivity contribution is 0.0468. The highest BCUT2D eigenvalue weighted by molar-refractivity contribution is 7.13. The summed E-state index contributed by atoms with van der Waals surface area (Å²) in [5.41, 5.74) is 2.63. The zero-order chi connectivity index (χ0) is 21.6. The van der Waals surface area contributed by atoms with Crippen molar-refractivity contribution in [3.63, 3.8) is 0 Å². The average molecular weight is 437 g/mol. The van der Waals surface area contributed by atoms with Crippen molar-refractivity contribution in [3.05, 3.63) is 65.4 Å². The van der Waals surface area contributed by atoms with Gasteiger partial charge in [0, 0.05) is 10.9 Å². The molecule has 0 amide bonds. The van der Waals surface area contributed by atoms with Gasteiger partial charge in [-0.05, 0) is 53.7 Å². The Bertz CT molecular complexity index is 1180. The Balaban J connectivity index is 1.43. The van der Waals surface area contributed by atoms with Crippen LogP contribution in [0.25, 0.3) is 16.3 Å². The minimum atomic E-state index is -0.452. The highest BCUT2D eigenvalue weighted by Gasteiger charge is 2.13. The normalized spacial score (nSPS) is 10.6. The van der Waals surface area contributed by atoms with Crippen molar-refractivity contribution in [2.24, 2.45) is 0 Å². The molecule has 0 aliphatic carbocycles. The fourth-order valence-electron chi connectivity index (χ4n) is 2.86. The zero-order valence-electron chi connectivity index (χ0n) is 16.9. The van der Waals surface area contributed by atoms with Gasteiger partial charge in [0.1, 0.15) is 17.9 Å². The van der Waals surface area contributed by atoms with E-state index >= 15 is 0 Å². The topological polar surface area (TPSA) is 101 Å². The van der Waals surface area contributed by atoms with E-state index in [4.69, 9.17) is 14.2 Å². The first-order chi connectivity index (χ1) is 15.2. The summed E-state index contributed by atoms with van der Waals surface area (Å²) in [6, 6.07) is 12.5. The van der Waals surface area contributed by atoms with Gasteiger partial charge in [0.05, 0.1) is 30.7 Å². The summed E-state index contributed by atoms with van der Waals surface area (Å²) >= 11 is 1.46. The fraction of sp³-hybridized carbons (Fsp3) is 0.190. The van der Waals surface area contributed by atoms with Gasteiger partial charge in [0.2, 0.25) is 0 Å². The molecule has 0 saturated heterocycles. The Hall–Kier alpha value is -3.79. The van der Waals surface area contributed by atoms with Gasteiger partial charge in [-0.2, -0.15) is 0 Å². The lowest BCUT2D eigenvalue weighted by Gasteiger charge is -2.10. The molecule has 2 aromatic heterocycles. The van der Waals surface area contributed by atoms with Crippen LogP contribution in [-0.2, 0) is 11.3 Å². The van der Waals surface area contributed by atoms with Crippen molar-refractivity contribution in [1.82, 2.24) is 25.2 Å². The summed E-state index contributed by atoms with van der Waals surface area (Å²) in [5.74, 6) is 0.876. The molecule has 0 atom stereocenters. The number of ether oxygens (including phenoxy) is 3. The lowest BCUT2D eigenvalue weighted by Crippen LogP contribution is -2.06. The van der Waals surface area contributed by atoms with E-state index in [-0.39, 0.29) is 6.61 Å². The number of carbonyl (C=O) groups excluding carboxylic acids is 1. The van der Waals surface area contributed by atoms with Crippen LogP contribution in [0.15, 0.2) is 54.2 Å². The minimum Gasteiger partial charge on any atom is -0.493 e. The van der Waals surface area contributed by atoms with E-state index in [9.17, 15) is 4.79 Å². The Morgan fingerprint density at radius 2 is 2.06 bits per heavy atom. The Morgan fingerprint density at radius 1 is 1.16 bits per heavy atom. The van der Waals surface area contributed by atoms with Crippen LogP contribution >= 0.6 is 11.3 Å². The highest BCUT2D eigenvalue weighted by Crippen LogP contribution is 2.33. The molecule has 0 fully saturated rings. The molecule has 0 saturated carbocycles. The van der Waals surface area contributed by atoms with Crippen LogP contribution in [0.1, 0.15) is 23.0 Å². The van der Waals surface area contributed by atoms with Crippen molar-refractivity contribution in [2.75, 3.05) is 13.7 Å². The third-order valence-electron chi connectivity index (χ3n) is 4.31. The van der Waals surface area contributed by atoms with Crippen molar-refractivity contribution in [1.29, 1.82) is 0 Å². The second-order valence-electron chi connectivity index (χ2n) is 6.32. The predicted molar refractivity (Wildman–Crippen MR) is 114 cm³/mol. The molecule has 9 nitrogen and oxygen atoms in total. The molecule has 10 heteroatoms. The fourth-order valence-corrected chi connectivity index (χ4v) is 3.66. The molecule has 0 N–H and O–H groups in total. The highest BCUT2D eigenvalue weighted by atomic mass is 32.1. The molecular formula is C21H19N5O4S. The summed E-state index contributed by atoms with van der Waals surface area (Å²) in [6.07, 6.45) is 1.46. The number of benzene rings is 2. The first kappa shape index (κ1) is 20.5. The van der Waals surface area contributed by atoms with Crippen molar-refractivity contribution in [2.45, 2.75) is 13.5 Å². The Labute approximate surface area is 182 Å². The predicted octanol–water partition coefficient (Wildman–Crippen LogP) is 3.55. The first-order valence-corrected chi connectivity index (χ1v) is 10.3. The Morgan fingerprint density at radius 3 is 2.84 bits per heavy atom. The molecular weight excluding hydrogens is 418 g/mol. The number of nitrogens with zero attached hydrogens (tertiary/aromatic N) is 5. The van der Waals surface area contributed by atoms with Gasteiger partial charge in [-0.15, -0.1) is 16.4 Å². The molecule has 0 aliphatic heterocycles. The summed E-state index contributed by atoms with van der Waals surface area (Å²) in [4.78, 5) is 17.0. The number of methoxy groups -OCH3 is 1. The quantitative estimate of drug-likeness (QED) is 0.386. The largest absolute Gasteiger partial charge is 0.493 e. The maximum Gasteiger partial charge on any atom is 0.338 e. The van der Waals surface area contributed by atoms with E-state index in [1.54, 1.807) is 31.4 Å². The third kappa shape index (κ3) is 4.69. The number of tetrazole rings is 1. The van der Waals surface area contributed by atoms with Crippen molar-refractivity contribution >= 4 is 17.3 Å². The number of rotatable bonds is 8. The SMILES string of the molecule is CCOc1ccc(-c2nc(COC(=O)c3cccc(-n4cnnn4)c3)cs2)cc1OC. The standard InChI is InChI=1S/C21H19N5O4S/c1-3-29-18-8-7-14(10-19(18)28-2)20-23-16(12-31-20)11-30-21(27)15-5-4-6-17(9-15)26-13-22-24-25-26/h4-10,12-13H,3,11H2,1-2H3. The Kier molecular flexibility index (Phi) is 6.18. The molecule has 31 heavy (non-hydrogen) atoms. The number of carbonyl (C=O) groups is 1. The molecule has 4 rings (SSSR count). The maximum atomic E-state index is 12.5. The molecule has 0 aliphatic rings. The molecule has 0 unspecified atom stereocenters. The number of thiazole rings is 1. The van der Waals surface area contributed by atoms with E-state index in [2.05, 4.69) is 20.5 Å². The summed E-state index contributed by atoms with van der Waals surface area (Å²) < 4.78 is 17.8. The second kappa shape index (κ2) is 9.35. The summed E-state index contributed by atoms with van der Waals surface area (Å²) in [5, 5.41) is 13.7. The van der Waals surface area contributed by atoms with Gasteiger partial charge in [0.15, 0.2) is 11.5 Å². The van der Waals surface area contributed by atoms with E-state index < -0.39 is 5.97 Å². The average Bonchev–Trinajstić information content (AvgIpc) is 3.50. The van der Waals surface area contributed by atoms with E-state index in [0.29, 0.717) is 35.1 Å². The minimum absolute atomic E-state index is 0.0681. The van der Waals surface area contributed by atoms with Crippen LogP contribution in [0, 0.1) is 0 Å². The lowest BCUT2D eigenvalue weighted by atomic mass is 10.2. The van der Waals surface area contributed by atoms with E-state index in [1.807, 2.05) is 30.5 Å².